The van der Waals surface area contributed by atoms with Crippen LogP contribution in [0.15, 0.2) is 12.2 Å². The van der Waals surface area contributed by atoms with E-state index in [1.54, 1.807) is 0 Å². The van der Waals surface area contributed by atoms with Crippen molar-refractivity contribution in [2.75, 3.05) is 13.2 Å². The summed E-state index contributed by atoms with van der Waals surface area (Å²) in [4.78, 5) is 38.2. The highest BCUT2D eigenvalue weighted by molar-refractivity contribution is 5.71. The van der Waals surface area contributed by atoms with Crippen LogP contribution in [0.2, 0.25) is 0 Å². The maximum atomic E-state index is 12.9. The van der Waals surface area contributed by atoms with Gasteiger partial charge in [0.25, 0.3) is 0 Å². The van der Waals surface area contributed by atoms with Gasteiger partial charge in [0.2, 0.25) is 0 Å². The lowest BCUT2D eigenvalue weighted by Crippen LogP contribution is -2.30. The first-order valence-electron chi connectivity index (χ1n) is 34.7. The third kappa shape index (κ3) is 63.0. The van der Waals surface area contributed by atoms with Gasteiger partial charge in [-0.1, -0.05) is 348 Å². The molecule has 0 saturated carbocycles. The predicted molar refractivity (Wildman–Crippen MR) is 330 cm³/mol. The lowest BCUT2D eigenvalue weighted by atomic mass is 10.0. The van der Waals surface area contributed by atoms with E-state index in [4.69, 9.17) is 14.2 Å². The molecule has 0 aliphatic heterocycles. The molecule has 6 heteroatoms. The van der Waals surface area contributed by atoms with E-state index in [9.17, 15) is 14.4 Å². The van der Waals surface area contributed by atoms with Crippen molar-refractivity contribution in [3.8, 4) is 0 Å². The van der Waals surface area contributed by atoms with Gasteiger partial charge < -0.3 is 14.2 Å². The van der Waals surface area contributed by atoms with Crippen molar-refractivity contribution in [1.29, 1.82) is 0 Å². The van der Waals surface area contributed by atoms with Crippen LogP contribution in [0.3, 0.4) is 0 Å². The van der Waals surface area contributed by atoms with E-state index in [0.29, 0.717) is 19.3 Å². The molecular formula is C70H134O6. The first-order chi connectivity index (χ1) is 37.5. The van der Waals surface area contributed by atoms with Gasteiger partial charge in [0.15, 0.2) is 6.10 Å². The van der Waals surface area contributed by atoms with E-state index in [0.717, 1.165) is 57.8 Å². The van der Waals surface area contributed by atoms with Crippen LogP contribution in [-0.2, 0) is 28.6 Å². The van der Waals surface area contributed by atoms with Crippen LogP contribution in [0.1, 0.15) is 400 Å². The Morgan fingerprint density at radius 1 is 0.250 bits per heavy atom. The number of carbonyl (C=O) groups is 3. The Labute approximate surface area is 475 Å². The lowest BCUT2D eigenvalue weighted by Gasteiger charge is -2.18. The molecule has 1 unspecified atom stereocenters. The number of hydrogen-bond acceptors (Lipinski definition) is 6. The van der Waals surface area contributed by atoms with Crippen molar-refractivity contribution < 1.29 is 28.6 Å². The molecule has 76 heavy (non-hydrogen) atoms. The van der Waals surface area contributed by atoms with Gasteiger partial charge in [-0.25, -0.2) is 0 Å². The maximum Gasteiger partial charge on any atom is 0.306 e. The standard InChI is InChI=1S/C70H134O6/c1-4-7-10-13-16-19-22-25-26-27-28-29-30-31-32-33-34-35-36-37-38-39-40-41-42-43-44-46-48-51-54-57-60-63-69(72)75-66-67(65-74-68(71)62-59-56-53-50-47-24-21-18-15-12-9-6-3)76-70(73)64-61-58-55-52-49-45-23-20-17-14-11-8-5-2/h27-28,67H,4-26,29-66H2,1-3H3/b28-27-. The minimum atomic E-state index is -0.763. The van der Waals surface area contributed by atoms with Gasteiger partial charge in [0.1, 0.15) is 13.2 Å². The second kappa shape index (κ2) is 65.7. The fraction of sp³-hybridized carbons (Fsp3) is 0.929. The van der Waals surface area contributed by atoms with Crippen LogP contribution in [0.5, 0.6) is 0 Å². The largest absolute Gasteiger partial charge is 0.462 e. The third-order valence-corrected chi connectivity index (χ3v) is 16.0. The molecule has 1 atom stereocenters. The smallest absolute Gasteiger partial charge is 0.306 e. The SMILES string of the molecule is CCCCCCCCCC/C=C\CCCCCCCCCCCCCCCCCCCCCCCC(=O)OCC(COC(=O)CCCCCCCCCCCCCC)OC(=O)CCCCCCCCCCCCCCC. The molecule has 0 spiro atoms. The Morgan fingerprint density at radius 3 is 0.658 bits per heavy atom. The zero-order valence-electron chi connectivity index (χ0n) is 51.8. The molecule has 0 N–H and O–H groups in total. The fourth-order valence-electron chi connectivity index (χ4n) is 10.8. The van der Waals surface area contributed by atoms with Gasteiger partial charge in [-0.2, -0.15) is 0 Å². The topological polar surface area (TPSA) is 78.9 Å². The van der Waals surface area contributed by atoms with Gasteiger partial charge in [-0.15, -0.1) is 0 Å². The minimum Gasteiger partial charge on any atom is -0.462 e. The highest BCUT2D eigenvalue weighted by atomic mass is 16.6. The number of ether oxygens (including phenoxy) is 3. The highest BCUT2D eigenvalue weighted by Gasteiger charge is 2.19. The molecule has 0 rings (SSSR count). The molecular weight excluding hydrogens is 937 g/mol. The fourth-order valence-corrected chi connectivity index (χ4v) is 10.8. The molecule has 0 radical (unpaired) electrons. The van der Waals surface area contributed by atoms with Gasteiger partial charge >= 0.3 is 17.9 Å². The molecule has 0 amide bonds. The minimum absolute atomic E-state index is 0.0621. The van der Waals surface area contributed by atoms with E-state index >= 15 is 0 Å². The van der Waals surface area contributed by atoms with Crippen molar-refractivity contribution >= 4 is 17.9 Å². The molecule has 6 nitrogen and oxygen atoms in total. The van der Waals surface area contributed by atoms with Gasteiger partial charge in [0.05, 0.1) is 0 Å². The van der Waals surface area contributed by atoms with Gasteiger partial charge in [-0.05, 0) is 44.9 Å². The first-order valence-corrected chi connectivity index (χ1v) is 34.7. The summed E-state index contributed by atoms with van der Waals surface area (Å²) in [6.45, 7) is 6.71. The average molecular weight is 1070 g/mol. The van der Waals surface area contributed by atoms with Crippen LogP contribution in [0.4, 0.5) is 0 Å². The normalized spacial score (nSPS) is 12.0. The highest BCUT2D eigenvalue weighted by Crippen LogP contribution is 2.19. The quantitative estimate of drug-likeness (QED) is 0.0261. The van der Waals surface area contributed by atoms with Crippen molar-refractivity contribution in [2.24, 2.45) is 0 Å². The summed E-state index contributed by atoms with van der Waals surface area (Å²) >= 11 is 0. The predicted octanol–water partition coefficient (Wildman–Crippen LogP) is 23.6. The average Bonchev–Trinajstić information content (AvgIpc) is 3.42. The van der Waals surface area contributed by atoms with Crippen LogP contribution < -0.4 is 0 Å². The van der Waals surface area contributed by atoms with Gasteiger partial charge in [0, 0.05) is 19.3 Å². The molecule has 450 valence electrons. The van der Waals surface area contributed by atoms with Crippen molar-refractivity contribution in [1.82, 2.24) is 0 Å². The summed E-state index contributed by atoms with van der Waals surface area (Å²) in [6, 6.07) is 0. The lowest BCUT2D eigenvalue weighted by molar-refractivity contribution is -0.167. The van der Waals surface area contributed by atoms with Gasteiger partial charge in [-0.3, -0.25) is 14.4 Å². The number of unbranched alkanes of at least 4 members (excludes halogenated alkanes) is 52. The molecule has 0 bridgehead atoms. The molecule has 0 fully saturated rings. The van der Waals surface area contributed by atoms with Crippen LogP contribution in [0.25, 0.3) is 0 Å². The summed E-state index contributed by atoms with van der Waals surface area (Å²) < 4.78 is 16.9. The maximum absolute atomic E-state index is 12.9. The van der Waals surface area contributed by atoms with Crippen molar-refractivity contribution in [3.63, 3.8) is 0 Å². The van der Waals surface area contributed by atoms with Crippen molar-refractivity contribution in [2.45, 2.75) is 406 Å². The van der Waals surface area contributed by atoms with E-state index in [1.165, 1.54) is 302 Å². The second-order valence-electron chi connectivity index (χ2n) is 23.8. The Morgan fingerprint density at radius 2 is 0.434 bits per heavy atom. The summed E-state index contributed by atoms with van der Waals surface area (Å²) in [5.74, 6) is -0.831. The Kier molecular flexibility index (Phi) is 64.1. The zero-order valence-corrected chi connectivity index (χ0v) is 51.8. The summed E-state index contributed by atoms with van der Waals surface area (Å²) in [5, 5.41) is 0. The Hall–Kier alpha value is -1.85. The molecule has 0 aliphatic carbocycles. The summed E-state index contributed by atoms with van der Waals surface area (Å²) in [5.41, 5.74) is 0. The summed E-state index contributed by atoms with van der Waals surface area (Å²) in [6.07, 6.45) is 78.3. The molecule has 0 aromatic rings. The summed E-state index contributed by atoms with van der Waals surface area (Å²) in [7, 11) is 0. The Bertz CT molecular complexity index is 1180. The monoisotopic (exact) mass is 1070 g/mol. The number of rotatable bonds is 65. The van der Waals surface area contributed by atoms with E-state index in [-0.39, 0.29) is 31.1 Å². The van der Waals surface area contributed by atoms with E-state index < -0.39 is 6.10 Å². The van der Waals surface area contributed by atoms with E-state index in [2.05, 4.69) is 32.9 Å². The number of allylic oxidation sites excluding steroid dienone is 2. The number of esters is 3. The number of carbonyl (C=O) groups excluding carboxylic acids is 3. The van der Waals surface area contributed by atoms with Crippen LogP contribution in [-0.4, -0.2) is 37.2 Å². The first kappa shape index (κ1) is 74.2. The molecule has 0 aliphatic rings. The van der Waals surface area contributed by atoms with E-state index in [1.807, 2.05) is 0 Å². The number of hydrogen-bond donors (Lipinski definition) is 0. The molecule has 0 saturated heterocycles. The second-order valence-corrected chi connectivity index (χ2v) is 23.8. The molecule has 0 aromatic carbocycles. The molecule has 0 aromatic heterocycles. The Balaban J connectivity index is 4.01. The zero-order chi connectivity index (χ0) is 55.0. The molecule has 0 heterocycles. The van der Waals surface area contributed by atoms with Crippen LogP contribution >= 0.6 is 0 Å². The third-order valence-electron chi connectivity index (χ3n) is 16.0. The van der Waals surface area contributed by atoms with Crippen molar-refractivity contribution in [3.05, 3.63) is 12.2 Å². The van der Waals surface area contributed by atoms with Crippen LogP contribution in [0, 0.1) is 0 Å².